The Morgan fingerprint density at radius 2 is 1.70 bits per heavy atom. The number of nitrogens with zero attached hydrogens (tertiary/aromatic N) is 4. The molecule has 1 fully saturated rings. The molecule has 1 saturated heterocycles. The lowest BCUT2D eigenvalue weighted by Gasteiger charge is -2.34. The summed E-state index contributed by atoms with van der Waals surface area (Å²) < 4.78 is 15.4. The number of carbonyl (C=O) groups is 1. The highest BCUT2D eigenvalue weighted by molar-refractivity contribution is 5.92. The maximum atomic E-state index is 14.0. The van der Waals surface area contributed by atoms with Gasteiger partial charge < -0.3 is 4.90 Å². The van der Waals surface area contributed by atoms with Gasteiger partial charge in [0.25, 0.3) is 5.91 Å². The first kappa shape index (κ1) is 20.3. The van der Waals surface area contributed by atoms with Gasteiger partial charge in [-0.05, 0) is 35.2 Å². The van der Waals surface area contributed by atoms with Gasteiger partial charge in [-0.1, -0.05) is 50.2 Å². The van der Waals surface area contributed by atoms with Crippen molar-refractivity contribution in [1.82, 2.24) is 19.6 Å². The Morgan fingerprint density at radius 3 is 2.37 bits per heavy atom. The first-order chi connectivity index (χ1) is 14.5. The number of carbonyl (C=O) groups excluding carboxylic acids is 1. The Morgan fingerprint density at radius 1 is 1.00 bits per heavy atom. The molecule has 3 aromatic rings. The summed E-state index contributed by atoms with van der Waals surface area (Å²) in [4.78, 5) is 17.0. The van der Waals surface area contributed by atoms with Crippen molar-refractivity contribution in [1.29, 1.82) is 0 Å². The summed E-state index contributed by atoms with van der Waals surface area (Å²) in [5, 5.41) is 4.30. The van der Waals surface area contributed by atoms with Gasteiger partial charge in [0.1, 0.15) is 11.5 Å². The van der Waals surface area contributed by atoms with Crippen LogP contribution in [-0.2, 0) is 6.54 Å². The number of hydrogen-bond acceptors (Lipinski definition) is 3. The van der Waals surface area contributed by atoms with Crippen LogP contribution in [0.15, 0.2) is 60.8 Å². The lowest BCUT2D eigenvalue weighted by atomic mass is 10.0. The fraction of sp³-hybridized carbons (Fsp3) is 0.333. The Hall–Kier alpha value is -2.99. The van der Waals surface area contributed by atoms with Gasteiger partial charge in [0.2, 0.25) is 0 Å². The van der Waals surface area contributed by atoms with Gasteiger partial charge in [0.05, 0.1) is 0 Å². The van der Waals surface area contributed by atoms with E-state index in [1.54, 1.807) is 30.5 Å². The molecule has 2 heterocycles. The molecule has 30 heavy (non-hydrogen) atoms. The number of hydrogen-bond donors (Lipinski definition) is 0. The molecule has 0 atom stereocenters. The average molecular weight is 407 g/mol. The standard InChI is InChI=1S/C24H27FN4O/c1-18(2)20-9-7-19(8-10-20)17-27-13-15-28(16-14-27)24(30)22-11-12-29(26-22)23-6-4-3-5-21(23)25/h3-12,18H,13-17H2,1-2H3. The van der Waals surface area contributed by atoms with Crippen LogP contribution in [0.5, 0.6) is 0 Å². The zero-order chi connectivity index (χ0) is 21.1. The van der Waals surface area contributed by atoms with Crippen LogP contribution in [0.4, 0.5) is 4.39 Å². The van der Waals surface area contributed by atoms with Gasteiger partial charge in [-0.25, -0.2) is 9.07 Å². The smallest absolute Gasteiger partial charge is 0.274 e. The maximum Gasteiger partial charge on any atom is 0.274 e. The van der Waals surface area contributed by atoms with E-state index in [4.69, 9.17) is 0 Å². The third-order valence-electron chi connectivity index (χ3n) is 5.62. The molecule has 5 nitrogen and oxygen atoms in total. The molecule has 0 saturated carbocycles. The first-order valence-electron chi connectivity index (χ1n) is 10.4. The van der Waals surface area contributed by atoms with Crippen molar-refractivity contribution in [2.75, 3.05) is 26.2 Å². The number of piperazine rings is 1. The van der Waals surface area contributed by atoms with E-state index in [1.165, 1.54) is 21.9 Å². The van der Waals surface area contributed by atoms with Gasteiger partial charge in [0.15, 0.2) is 5.69 Å². The van der Waals surface area contributed by atoms with Crippen molar-refractivity contribution < 1.29 is 9.18 Å². The van der Waals surface area contributed by atoms with Crippen LogP contribution in [0, 0.1) is 5.82 Å². The quantitative estimate of drug-likeness (QED) is 0.641. The summed E-state index contributed by atoms with van der Waals surface area (Å²) in [6, 6.07) is 16.8. The monoisotopic (exact) mass is 406 g/mol. The van der Waals surface area contributed by atoms with Crippen LogP contribution >= 0.6 is 0 Å². The minimum Gasteiger partial charge on any atom is -0.335 e. The number of rotatable bonds is 5. The second kappa shape index (κ2) is 8.79. The van der Waals surface area contributed by atoms with Gasteiger partial charge >= 0.3 is 0 Å². The average Bonchev–Trinajstić information content (AvgIpc) is 3.24. The van der Waals surface area contributed by atoms with Gasteiger partial charge in [0, 0.05) is 38.9 Å². The molecule has 4 rings (SSSR count). The molecule has 1 aliphatic rings. The van der Waals surface area contributed by atoms with Crippen molar-refractivity contribution in [3.63, 3.8) is 0 Å². The number of benzene rings is 2. The number of para-hydroxylation sites is 1. The second-order valence-electron chi connectivity index (χ2n) is 8.06. The van der Waals surface area contributed by atoms with Crippen LogP contribution in [0.3, 0.4) is 0 Å². The van der Waals surface area contributed by atoms with E-state index in [-0.39, 0.29) is 11.7 Å². The zero-order valence-electron chi connectivity index (χ0n) is 17.5. The van der Waals surface area contributed by atoms with Crippen LogP contribution < -0.4 is 0 Å². The Balaban J connectivity index is 1.34. The molecule has 0 aliphatic carbocycles. The largest absolute Gasteiger partial charge is 0.335 e. The van der Waals surface area contributed by atoms with E-state index >= 15 is 0 Å². The van der Waals surface area contributed by atoms with Crippen LogP contribution in [0.25, 0.3) is 5.69 Å². The van der Waals surface area contributed by atoms with Gasteiger partial charge in [-0.2, -0.15) is 5.10 Å². The summed E-state index contributed by atoms with van der Waals surface area (Å²) in [7, 11) is 0. The van der Waals surface area contributed by atoms with Crippen LogP contribution in [-0.4, -0.2) is 51.7 Å². The van der Waals surface area contributed by atoms with E-state index in [0.29, 0.717) is 30.4 Å². The second-order valence-corrected chi connectivity index (χ2v) is 8.06. The summed E-state index contributed by atoms with van der Waals surface area (Å²) in [6.45, 7) is 8.26. The normalized spacial score (nSPS) is 15.0. The first-order valence-corrected chi connectivity index (χ1v) is 10.4. The number of aromatic nitrogens is 2. The minimum absolute atomic E-state index is 0.106. The molecular formula is C24H27FN4O. The molecular weight excluding hydrogens is 379 g/mol. The molecule has 156 valence electrons. The molecule has 0 bridgehead atoms. The van der Waals surface area contributed by atoms with E-state index < -0.39 is 0 Å². The third kappa shape index (κ3) is 4.44. The minimum atomic E-state index is -0.366. The lowest BCUT2D eigenvalue weighted by molar-refractivity contribution is 0.0622. The van der Waals surface area contributed by atoms with Crippen molar-refractivity contribution in [3.8, 4) is 5.69 Å². The number of amides is 1. The zero-order valence-corrected chi connectivity index (χ0v) is 17.5. The molecule has 0 N–H and O–H groups in total. The van der Waals surface area contributed by atoms with E-state index in [0.717, 1.165) is 19.6 Å². The predicted octanol–water partition coefficient (Wildman–Crippen LogP) is 4.09. The fourth-order valence-corrected chi connectivity index (χ4v) is 3.75. The molecule has 6 heteroatoms. The Kier molecular flexibility index (Phi) is 5.95. The van der Waals surface area contributed by atoms with Crippen molar-refractivity contribution in [2.24, 2.45) is 0 Å². The van der Waals surface area contributed by atoms with Crippen molar-refractivity contribution in [2.45, 2.75) is 26.3 Å². The van der Waals surface area contributed by atoms with E-state index in [9.17, 15) is 9.18 Å². The SMILES string of the molecule is CC(C)c1ccc(CN2CCN(C(=O)c3ccn(-c4ccccc4F)n3)CC2)cc1. The highest BCUT2D eigenvalue weighted by Crippen LogP contribution is 2.17. The van der Waals surface area contributed by atoms with Gasteiger partial charge in [-0.15, -0.1) is 0 Å². The molecule has 0 unspecified atom stereocenters. The number of halogens is 1. The highest BCUT2D eigenvalue weighted by Gasteiger charge is 2.24. The molecule has 0 spiro atoms. The van der Waals surface area contributed by atoms with Crippen molar-refractivity contribution in [3.05, 3.63) is 83.4 Å². The predicted molar refractivity (Wildman–Crippen MR) is 115 cm³/mol. The molecule has 1 amide bonds. The summed E-state index contributed by atoms with van der Waals surface area (Å²) in [5.74, 6) is 0.0659. The van der Waals surface area contributed by atoms with Crippen LogP contribution in [0.1, 0.15) is 41.4 Å². The molecule has 2 aromatic carbocycles. The van der Waals surface area contributed by atoms with Crippen LogP contribution in [0.2, 0.25) is 0 Å². The summed E-state index contributed by atoms with van der Waals surface area (Å²) >= 11 is 0. The molecule has 1 aromatic heterocycles. The van der Waals surface area contributed by atoms with Crippen molar-refractivity contribution >= 4 is 5.91 Å². The summed E-state index contributed by atoms with van der Waals surface area (Å²) in [6.07, 6.45) is 1.63. The fourth-order valence-electron chi connectivity index (χ4n) is 3.75. The molecule has 0 radical (unpaired) electrons. The van der Waals surface area contributed by atoms with Gasteiger partial charge in [-0.3, -0.25) is 9.69 Å². The Bertz CT molecular complexity index is 1000. The lowest BCUT2D eigenvalue weighted by Crippen LogP contribution is -2.48. The Labute approximate surface area is 176 Å². The van der Waals surface area contributed by atoms with E-state index in [2.05, 4.69) is 48.1 Å². The summed E-state index contributed by atoms with van der Waals surface area (Å²) in [5.41, 5.74) is 3.33. The third-order valence-corrected chi connectivity index (χ3v) is 5.62. The van der Waals surface area contributed by atoms with E-state index in [1.807, 2.05) is 4.90 Å². The topological polar surface area (TPSA) is 41.4 Å². The highest BCUT2D eigenvalue weighted by atomic mass is 19.1. The molecule has 1 aliphatic heterocycles. The maximum absolute atomic E-state index is 14.0.